The molecule has 0 fully saturated rings. The largest absolute Gasteiger partial charge is 0.336 e. The summed E-state index contributed by atoms with van der Waals surface area (Å²) in [6.45, 7) is 4.16. The van der Waals surface area contributed by atoms with Gasteiger partial charge in [-0.25, -0.2) is 13.5 Å². The number of amides is 3. The Labute approximate surface area is 180 Å². The highest BCUT2D eigenvalue weighted by Gasteiger charge is 2.14. The number of nitrogens with one attached hydrogen (secondary N) is 2. The van der Waals surface area contributed by atoms with E-state index in [-0.39, 0.29) is 5.56 Å². The average Bonchev–Trinajstić information content (AvgIpc) is 2.74. The molecule has 0 atom stereocenters. The molecule has 0 heterocycles. The summed E-state index contributed by atoms with van der Waals surface area (Å²) in [5, 5.41) is 5.44. The number of urea groups is 1. The first-order valence-electron chi connectivity index (χ1n) is 9.41. The van der Waals surface area contributed by atoms with Crippen molar-refractivity contribution in [2.45, 2.75) is 19.8 Å². The quantitative estimate of drug-likeness (QED) is 0.435. The first-order valence-corrected chi connectivity index (χ1v) is 9.81. The molecule has 2 N–H and O–H groups in total. The number of halogens is 1. The van der Waals surface area contributed by atoms with E-state index in [1.165, 1.54) is 22.5 Å². The summed E-state index contributed by atoms with van der Waals surface area (Å²) in [6, 6.07) is 19.5. The van der Waals surface area contributed by atoms with E-state index in [4.69, 9.17) is 0 Å². The number of anilines is 3. The molecule has 0 unspecified atom stereocenters. The van der Waals surface area contributed by atoms with Crippen molar-refractivity contribution in [2.75, 3.05) is 14.9 Å². The Morgan fingerprint density at radius 2 is 1.60 bits per heavy atom. The van der Waals surface area contributed by atoms with Crippen LogP contribution in [0.3, 0.4) is 0 Å². The topological polar surface area (TPSA) is 61.4 Å². The summed E-state index contributed by atoms with van der Waals surface area (Å²) < 4.78 is 14.9. The van der Waals surface area contributed by atoms with Gasteiger partial charge >= 0.3 is 6.03 Å². The molecule has 0 bridgehead atoms. The lowest BCUT2D eigenvalue weighted by Crippen LogP contribution is -2.26. The summed E-state index contributed by atoms with van der Waals surface area (Å²) in [5.74, 6) is -0.793. The number of hydrogen-bond acceptors (Lipinski definition) is 3. The monoisotopic (exact) mass is 423 g/mol. The molecule has 0 aliphatic heterocycles. The van der Waals surface area contributed by atoms with Crippen molar-refractivity contribution in [1.29, 1.82) is 0 Å². The molecule has 3 rings (SSSR count). The molecule has 3 aromatic rings. The smallest absolute Gasteiger partial charge is 0.322 e. The van der Waals surface area contributed by atoms with E-state index < -0.39 is 17.8 Å². The molecule has 0 aliphatic carbocycles. The van der Waals surface area contributed by atoms with Gasteiger partial charge in [-0.1, -0.05) is 50.9 Å². The second-order valence-electron chi connectivity index (χ2n) is 7.00. The zero-order valence-corrected chi connectivity index (χ0v) is 17.5. The third-order valence-corrected chi connectivity index (χ3v) is 4.90. The molecule has 0 radical (unpaired) electrons. The van der Waals surface area contributed by atoms with E-state index in [2.05, 4.69) is 37.3 Å². The fraction of sp³-hybridized carbons (Fsp3) is 0.130. The van der Waals surface area contributed by atoms with Gasteiger partial charge in [0.05, 0.1) is 11.3 Å². The van der Waals surface area contributed by atoms with Gasteiger partial charge in [0, 0.05) is 11.4 Å². The maximum atomic E-state index is 13.7. The van der Waals surface area contributed by atoms with Crippen LogP contribution < -0.4 is 14.9 Å². The van der Waals surface area contributed by atoms with Crippen LogP contribution in [0.5, 0.6) is 0 Å². The third-order valence-electron chi connectivity index (χ3n) is 4.49. The van der Waals surface area contributed by atoms with Crippen LogP contribution in [0.2, 0.25) is 0 Å². The molecular formula is C23H22FN3O2S. The third kappa shape index (κ3) is 5.18. The molecule has 0 spiro atoms. The Morgan fingerprint density at radius 1 is 0.900 bits per heavy atom. The molecule has 0 saturated carbocycles. The molecule has 5 nitrogen and oxygen atoms in total. The highest BCUT2D eigenvalue weighted by Crippen LogP contribution is 2.23. The number of carbonyl (C=O) groups is 2. The van der Waals surface area contributed by atoms with E-state index in [1.54, 1.807) is 30.3 Å². The molecule has 3 amide bonds. The Hall–Kier alpha value is -3.32. The van der Waals surface area contributed by atoms with Gasteiger partial charge in [0.2, 0.25) is 0 Å². The van der Waals surface area contributed by atoms with Crippen molar-refractivity contribution >= 4 is 41.8 Å². The van der Waals surface area contributed by atoms with Gasteiger partial charge in [0.25, 0.3) is 5.91 Å². The average molecular weight is 424 g/mol. The molecule has 0 aromatic heterocycles. The summed E-state index contributed by atoms with van der Waals surface area (Å²) >= 11 is 4.27. The van der Waals surface area contributed by atoms with Crippen LogP contribution >= 0.6 is 12.8 Å². The highest BCUT2D eigenvalue weighted by molar-refractivity contribution is 7.82. The molecule has 0 saturated heterocycles. The van der Waals surface area contributed by atoms with Gasteiger partial charge in [-0.15, -0.1) is 0 Å². The standard InChI is InChI=1S/C23H22FN3O2S/c1-15(2)16-6-5-7-18(14-16)26-23(29)27(30)19-12-10-17(11-13-19)25-22(28)20-8-3-4-9-21(20)24/h3-15,30H,1-2H3,(H,25,28)(H,26,29). The van der Waals surface area contributed by atoms with Gasteiger partial charge in [0.1, 0.15) is 5.82 Å². The minimum Gasteiger partial charge on any atom is -0.322 e. The van der Waals surface area contributed by atoms with Gasteiger partial charge in [-0.05, 0) is 60.0 Å². The number of rotatable bonds is 5. The lowest BCUT2D eigenvalue weighted by molar-refractivity contribution is 0.102. The van der Waals surface area contributed by atoms with Gasteiger partial charge in [-0.2, -0.15) is 0 Å². The fourth-order valence-electron chi connectivity index (χ4n) is 2.80. The van der Waals surface area contributed by atoms with Crippen LogP contribution in [0.15, 0.2) is 72.8 Å². The highest BCUT2D eigenvalue weighted by atomic mass is 32.1. The zero-order chi connectivity index (χ0) is 21.7. The Balaban J connectivity index is 1.65. The van der Waals surface area contributed by atoms with Crippen molar-refractivity contribution in [2.24, 2.45) is 0 Å². The Morgan fingerprint density at radius 3 is 2.27 bits per heavy atom. The number of hydrogen-bond donors (Lipinski definition) is 3. The van der Waals surface area contributed by atoms with Crippen molar-refractivity contribution in [3.63, 3.8) is 0 Å². The van der Waals surface area contributed by atoms with Crippen molar-refractivity contribution in [3.05, 3.63) is 89.7 Å². The second-order valence-corrected chi connectivity index (χ2v) is 7.40. The number of carbonyl (C=O) groups excluding carboxylic acids is 2. The lowest BCUT2D eigenvalue weighted by atomic mass is 10.0. The normalized spacial score (nSPS) is 10.6. The number of thiol groups is 1. The molecule has 30 heavy (non-hydrogen) atoms. The van der Waals surface area contributed by atoms with Gasteiger partial charge in [0.15, 0.2) is 0 Å². The zero-order valence-electron chi connectivity index (χ0n) is 16.6. The maximum Gasteiger partial charge on any atom is 0.336 e. The number of nitrogens with zero attached hydrogens (tertiary/aromatic N) is 1. The summed E-state index contributed by atoms with van der Waals surface area (Å²) in [6.07, 6.45) is 0. The number of benzene rings is 3. The van der Waals surface area contributed by atoms with Gasteiger partial charge in [-0.3, -0.25) is 4.79 Å². The van der Waals surface area contributed by atoms with E-state index in [9.17, 15) is 14.0 Å². The van der Waals surface area contributed by atoms with E-state index in [0.29, 0.717) is 23.0 Å². The molecule has 0 aliphatic rings. The molecular weight excluding hydrogens is 401 g/mol. The SMILES string of the molecule is CC(C)c1cccc(NC(=O)N(S)c2ccc(NC(=O)c3ccccc3F)cc2)c1. The van der Waals surface area contributed by atoms with E-state index in [0.717, 1.165) is 5.56 Å². The van der Waals surface area contributed by atoms with Gasteiger partial charge < -0.3 is 10.6 Å². The predicted octanol–water partition coefficient (Wildman–Crippen LogP) is 6.08. The van der Waals surface area contributed by atoms with Crippen molar-refractivity contribution in [1.82, 2.24) is 0 Å². The van der Waals surface area contributed by atoms with Crippen molar-refractivity contribution in [3.8, 4) is 0 Å². The van der Waals surface area contributed by atoms with Crippen LogP contribution in [0.1, 0.15) is 35.7 Å². The molecule has 3 aromatic carbocycles. The second kappa shape index (κ2) is 9.45. The Bertz CT molecular complexity index is 1050. The van der Waals surface area contributed by atoms with E-state index in [1.807, 2.05) is 24.3 Å². The Kier molecular flexibility index (Phi) is 6.74. The minimum absolute atomic E-state index is 0.0413. The molecule has 154 valence electrons. The summed E-state index contributed by atoms with van der Waals surface area (Å²) in [7, 11) is 0. The van der Waals surface area contributed by atoms with Crippen LogP contribution in [-0.4, -0.2) is 11.9 Å². The van der Waals surface area contributed by atoms with Crippen LogP contribution in [0.25, 0.3) is 0 Å². The first-order chi connectivity index (χ1) is 14.3. The summed E-state index contributed by atoms with van der Waals surface area (Å²) in [5.41, 5.74) is 2.74. The van der Waals surface area contributed by atoms with Crippen LogP contribution in [0, 0.1) is 5.82 Å². The first kappa shape index (κ1) is 21.4. The minimum atomic E-state index is -0.591. The van der Waals surface area contributed by atoms with Crippen LogP contribution in [-0.2, 0) is 0 Å². The predicted molar refractivity (Wildman–Crippen MR) is 122 cm³/mol. The van der Waals surface area contributed by atoms with Crippen LogP contribution in [0.4, 0.5) is 26.2 Å². The van der Waals surface area contributed by atoms with Crippen molar-refractivity contribution < 1.29 is 14.0 Å². The maximum absolute atomic E-state index is 13.7. The molecule has 7 heteroatoms. The van der Waals surface area contributed by atoms with E-state index >= 15 is 0 Å². The fourth-order valence-corrected chi connectivity index (χ4v) is 2.98. The summed E-state index contributed by atoms with van der Waals surface area (Å²) in [4.78, 5) is 24.7. The lowest BCUT2D eigenvalue weighted by Gasteiger charge is -2.18.